The molecule has 2 aromatic rings. The van der Waals surface area contributed by atoms with Crippen molar-refractivity contribution in [3.63, 3.8) is 0 Å². The van der Waals surface area contributed by atoms with Gasteiger partial charge in [-0.3, -0.25) is 9.79 Å². The van der Waals surface area contributed by atoms with E-state index in [0.717, 1.165) is 12.1 Å². The Morgan fingerprint density at radius 1 is 1.29 bits per heavy atom. The van der Waals surface area contributed by atoms with Gasteiger partial charge in [0.15, 0.2) is 0 Å². The Labute approximate surface area is 218 Å². The molecule has 0 spiro atoms. The lowest BCUT2D eigenvalue weighted by Gasteiger charge is -2.23. The molecule has 0 saturated carbocycles. The second-order valence-electron chi connectivity index (χ2n) is 7.90. The van der Waals surface area contributed by atoms with E-state index in [1.54, 1.807) is 33.1 Å². The number of carbonyl (C=O) groups excluding carboxylic acids is 1. The number of halogens is 3. The van der Waals surface area contributed by atoms with Gasteiger partial charge in [-0.25, -0.2) is 0 Å². The van der Waals surface area contributed by atoms with Gasteiger partial charge in [0.2, 0.25) is 5.82 Å². The third kappa shape index (κ3) is 9.04. The minimum atomic E-state index is -4.81. The molecule has 12 heteroatoms. The van der Waals surface area contributed by atoms with E-state index in [1.807, 2.05) is 0 Å². The molecule has 9 nitrogen and oxygen atoms in total. The van der Waals surface area contributed by atoms with Gasteiger partial charge in [-0.2, -0.15) is 4.98 Å². The van der Waals surface area contributed by atoms with Crippen LogP contribution in [0.1, 0.15) is 26.2 Å². The smallest absolute Gasteiger partial charge is 0.406 e. The fourth-order valence-corrected chi connectivity index (χ4v) is 3.12. The Hall–Kier alpha value is -4.19. The maximum absolute atomic E-state index is 13.4. The Balaban J connectivity index is 2.22. The van der Waals surface area contributed by atoms with Crippen LogP contribution in [-0.2, 0) is 9.53 Å². The van der Waals surface area contributed by atoms with Crippen LogP contribution in [-0.4, -0.2) is 60.0 Å². The molecule has 0 radical (unpaired) electrons. The highest BCUT2D eigenvalue weighted by atomic mass is 19.4. The van der Waals surface area contributed by atoms with Crippen molar-refractivity contribution in [2.75, 3.05) is 26.8 Å². The van der Waals surface area contributed by atoms with Crippen molar-refractivity contribution >= 4 is 17.3 Å². The molecule has 0 aliphatic carbocycles. The summed E-state index contributed by atoms with van der Waals surface area (Å²) in [4.78, 5) is 23.3. The van der Waals surface area contributed by atoms with Crippen molar-refractivity contribution in [3.05, 3.63) is 72.8 Å². The van der Waals surface area contributed by atoms with Gasteiger partial charge in [-0.1, -0.05) is 30.5 Å². The van der Waals surface area contributed by atoms with Crippen molar-refractivity contribution in [3.8, 4) is 17.1 Å². The summed E-state index contributed by atoms with van der Waals surface area (Å²) >= 11 is 0. The van der Waals surface area contributed by atoms with Gasteiger partial charge < -0.3 is 24.6 Å². The van der Waals surface area contributed by atoms with E-state index in [4.69, 9.17) is 15.0 Å². The summed E-state index contributed by atoms with van der Waals surface area (Å²) in [5, 5.41) is 3.85. The van der Waals surface area contributed by atoms with Crippen LogP contribution >= 0.6 is 0 Å². The van der Waals surface area contributed by atoms with Gasteiger partial charge in [-0.15, -0.1) is 13.2 Å². The number of aliphatic imine (C=N–C) groups is 1. The molecule has 0 unspecified atom stereocenters. The number of rotatable bonds is 13. The average molecular weight is 534 g/mol. The molecule has 204 valence electrons. The average Bonchev–Trinajstić information content (AvgIpc) is 3.33. The first-order valence-electron chi connectivity index (χ1n) is 11.4. The Bertz CT molecular complexity index is 1210. The molecule has 1 aromatic carbocycles. The van der Waals surface area contributed by atoms with E-state index < -0.39 is 18.0 Å². The number of hydrogen-bond donors (Lipinski definition) is 1. The van der Waals surface area contributed by atoms with Gasteiger partial charge in [-0.05, 0) is 56.2 Å². The van der Waals surface area contributed by atoms with E-state index in [-0.39, 0.29) is 29.7 Å². The maximum Gasteiger partial charge on any atom is 0.573 e. The number of aromatic nitrogens is 2. The number of amides is 1. The molecule has 0 bridgehead atoms. The predicted molar refractivity (Wildman–Crippen MR) is 138 cm³/mol. The molecule has 0 aliphatic heterocycles. The highest BCUT2D eigenvalue weighted by molar-refractivity contribution is 6.18. The quantitative estimate of drug-likeness (QED) is 0.128. The molecule has 0 fully saturated rings. The maximum atomic E-state index is 13.4. The molecule has 2 N–H and O–H groups in total. The third-order valence-electron chi connectivity index (χ3n) is 4.96. The van der Waals surface area contributed by atoms with E-state index in [9.17, 15) is 18.0 Å². The molecule has 1 heterocycles. The number of alkyl halides is 3. The van der Waals surface area contributed by atoms with Crippen LogP contribution in [0.3, 0.4) is 0 Å². The van der Waals surface area contributed by atoms with Crippen molar-refractivity contribution in [2.24, 2.45) is 10.7 Å². The third-order valence-corrected chi connectivity index (χ3v) is 4.96. The van der Waals surface area contributed by atoms with Crippen molar-refractivity contribution < 1.29 is 32.0 Å². The van der Waals surface area contributed by atoms with Gasteiger partial charge in [0.25, 0.3) is 11.8 Å². The van der Waals surface area contributed by atoms with Crippen LogP contribution in [0, 0.1) is 0 Å². The van der Waals surface area contributed by atoms with E-state index in [0.29, 0.717) is 36.4 Å². The molecule has 38 heavy (non-hydrogen) atoms. The number of amidine groups is 1. The lowest BCUT2D eigenvalue weighted by molar-refractivity contribution is -0.274. The SMILES string of the molecule is C=C/C(=C\C(N)=NCCCOC)CN(C(=C)C)C(=O)/C(=C\C)c1nc(-c2ccc(OC(F)(F)F)cc2)no1. The first kappa shape index (κ1) is 30.0. The molecular weight excluding hydrogens is 503 g/mol. The first-order valence-corrected chi connectivity index (χ1v) is 11.4. The van der Waals surface area contributed by atoms with Gasteiger partial charge in [0, 0.05) is 31.5 Å². The zero-order chi connectivity index (χ0) is 28.3. The summed E-state index contributed by atoms with van der Waals surface area (Å²) in [6.45, 7) is 12.1. The van der Waals surface area contributed by atoms with Crippen LogP contribution < -0.4 is 10.5 Å². The van der Waals surface area contributed by atoms with Gasteiger partial charge >= 0.3 is 6.36 Å². The van der Waals surface area contributed by atoms with Crippen molar-refractivity contribution in [2.45, 2.75) is 26.6 Å². The number of nitrogens with two attached hydrogens (primary N) is 1. The lowest BCUT2D eigenvalue weighted by Crippen LogP contribution is -2.32. The van der Waals surface area contributed by atoms with Crippen LogP contribution in [0.5, 0.6) is 5.75 Å². The van der Waals surface area contributed by atoms with Crippen molar-refractivity contribution in [1.82, 2.24) is 15.0 Å². The molecule has 1 amide bonds. The van der Waals surface area contributed by atoms with E-state index in [2.05, 4.69) is 33.0 Å². The van der Waals surface area contributed by atoms with Crippen LogP contribution in [0.4, 0.5) is 13.2 Å². The number of methoxy groups -OCH3 is 1. The molecule has 1 aromatic heterocycles. The normalized spacial score (nSPS) is 12.8. The first-order chi connectivity index (χ1) is 18.0. The number of hydrogen-bond acceptors (Lipinski definition) is 7. The highest BCUT2D eigenvalue weighted by Gasteiger charge is 2.31. The van der Waals surface area contributed by atoms with Crippen LogP contribution in [0.15, 0.2) is 76.4 Å². The second-order valence-corrected chi connectivity index (χ2v) is 7.90. The lowest BCUT2D eigenvalue weighted by atomic mass is 10.1. The topological polar surface area (TPSA) is 116 Å². The van der Waals surface area contributed by atoms with Gasteiger partial charge in [0.1, 0.15) is 17.2 Å². The van der Waals surface area contributed by atoms with Gasteiger partial charge in [0.05, 0.1) is 6.54 Å². The minimum absolute atomic E-state index is 0.0716. The summed E-state index contributed by atoms with van der Waals surface area (Å²) in [6, 6.07) is 4.93. The number of allylic oxidation sites excluding steroid dienone is 2. The molecule has 2 rings (SSSR count). The molecule has 0 atom stereocenters. The summed E-state index contributed by atoms with van der Waals surface area (Å²) < 4.78 is 51.3. The highest BCUT2D eigenvalue weighted by Crippen LogP contribution is 2.27. The summed E-state index contributed by atoms with van der Waals surface area (Å²) in [5.74, 6) is -0.565. The second kappa shape index (κ2) is 13.9. The fraction of sp³-hybridized carbons (Fsp3) is 0.308. The van der Waals surface area contributed by atoms with E-state index in [1.165, 1.54) is 23.1 Å². The number of benzene rings is 1. The Morgan fingerprint density at radius 2 is 1.97 bits per heavy atom. The number of ether oxygens (including phenoxy) is 2. The predicted octanol–water partition coefficient (Wildman–Crippen LogP) is 4.91. The van der Waals surface area contributed by atoms with Crippen molar-refractivity contribution in [1.29, 1.82) is 0 Å². The summed E-state index contributed by atoms with van der Waals surface area (Å²) in [5.41, 5.74) is 7.52. The molecular formula is C26H30F3N5O4. The standard InChI is InChI=1S/C26H30F3N5O4/c1-6-18(15-22(30)31-13-8-14-36-5)16-34(17(3)4)25(35)21(7-2)24-32-23(33-38-24)19-9-11-20(12-10-19)37-26(27,28)29/h6-7,9-12,15H,1,3,8,13-14,16H2,2,4-5H3,(H2,30,31)/b18-15+,21-7-. The van der Waals surface area contributed by atoms with Crippen LogP contribution in [0.25, 0.3) is 17.0 Å². The monoisotopic (exact) mass is 533 g/mol. The number of nitrogens with zero attached hydrogens (tertiary/aromatic N) is 4. The molecule has 0 aliphatic rings. The largest absolute Gasteiger partial charge is 0.573 e. The molecule has 0 saturated heterocycles. The van der Waals surface area contributed by atoms with Crippen LogP contribution in [0.2, 0.25) is 0 Å². The minimum Gasteiger partial charge on any atom is -0.406 e. The fourth-order valence-electron chi connectivity index (χ4n) is 3.12. The Kier molecular flexibility index (Phi) is 11.0. The Morgan fingerprint density at radius 3 is 2.53 bits per heavy atom. The number of carbonyl (C=O) groups is 1. The summed E-state index contributed by atoms with van der Waals surface area (Å²) in [7, 11) is 1.61. The summed E-state index contributed by atoms with van der Waals surface area (Å²) in [6.07, 6.45) is 0.606. The van der Waals surface area contributed by atoms with E-state index >= 15 is 0 Å². The zero-order valence-electron chi connectivity index (χ0n) is 21.4. The zero-order valence-corrected chi connectivity index (χ0v) is 21.4.